The topological polar surface area (TPSA) is 69.6 Å². The van der Waals surface area contributed by atoms with E-state index in [2.05, 4.69) is 12.2 Å². The second kappa shape index (κ2) is 9.61. The largest absolute Gasteiger partial charge is 0.481 e. The number of rotatable bonds is 8. The lowest BCUT2D eigenvalue weighted by Gasteiger charge is -2.35. The van der Waals surface area contributed by atoms with Crippen LogP contribution in [-0.4, -0.2) is 41.1 Å². The molecule has 1 rings (SSSR count). The zero-order valence-electron chi connectivity index (χ0n) is 12.6. The van der Waals surface area contributed by atoms with Crippen molar-refractivity contribution in [3.05, 3.63) is 0 Å². The summed E-state index contributed by atoms with van der Waals surface area (Å²) in [5.74, 6) is -0.782. The van der Waals surface area contributed by atoms with Crippen LogP contribution in [0.5, 0.6) is 0 Å². The van der Waals surface area contributed by atoms with E-state index in [1.54, 1.807) is 0 Å². The number of unbranched alkanes of at least 4 members (excludes halogenated alkanes) is 3. The van der Waals surface area contributed by atoms with Crippen LogP contribution in [-0.2, 0) is 4.79 Å². The van der Waals surface area contributed by atoms with Crippen molar-refractivity contribution in [2.45, 2.75) is 70.8 Å². The molecule has 1 atom stereocenters. The molecule has 0 aromatic carbocycles. The van der Waals surface area contributed by atoms with Crippen molar-refractivity contribution in [2.24, 2.45) is 0 Å². The van der Waals surface area contributed by atoms with Gasteiger partial charge in [-0.2, -0.15) is 0 Å². The first kappa shape index (κ1) is 16.8. The van der Waals surface area contributed by atoms with Gasteiger partial charge in [-0.1, -0.05) is 26.2 Å². The zero-order chi connectivity index (χ0) is 14.8. The van der Waals surface area contributed by atoms with Crippen LogP contribution in [0, 0.1) is 0 Å². The van der Waals surface area contributed by atoms with E-state index in [9.17, 15) is 9.59 Å². The van der Waals surface area contributed by atoms with Crippen LogP contribution in [0.4, 0.5) is 4.79 Å². The number of nitrogens with one attached hydrogen (secondary N) is 1. The number of carbonyl (C=O) groups excluding carboxylic acids is 1. The van der Waals surface area contributed by atoms with Gasteiger partial charge in [-0.05, 0) is 32.1 Å². The van der Waals surface area contributed by atoms with E-state index in [0.29, 0.717) is 6.42 Å². The summed E-state index contributed by atoms with van der Waals surface area (Å²) in [5, 5.41) is 11.7. The number of carbonyl (C=O) groups is 2. The Labute approximate surface area is 121 Å². The van der Waals surface area contributed by atoms with Crippen LogP contribution in [0.1, 0.15) is 64.7 Å². The normalized spacial score (nSPS) is 18.9. The highest BCUT2D eigenvalue weighted by molar-refractivity contribution is 5.74. The lowest BCUT2D eigenvalue weighted by Crippen LogP contribution is -2.49. The maximum absolute atomic E-state index is 12.2. The number of carboxylic acid groups (broad SMARTS) is 1. The fourth-order valence-corrected chi connectivity index (χ4v) is 2.71. The molecule has 1 fully saturated rings. The van der Waals surface area contributed by atoms with Crippen LogP contribution < -0.4 is 5.32 Å². The second-order valence-corrected chi connectivity index (χ2v) is 5.57. The summed E-state index contributed by atoms with van der Waals surface area (Å²) in [6.45, 7) is 3.64. The number of hydrogen-bond donors (Lipinski definition) is 2. The minimum atomic E-state index is -0.782. The Balaban J connectivity index is 2.32. The molecule has 2 amide bonds. The van der Waals surface area contributed by atoms with Crippen LogP contribution >= 0.6 is 0 Å². The Kier molecular flexibility index (Phi) is 8.07. The highest BCUT2D eigenvalue weighted by atomic mass is 16.4. The number of urea groups is 1. The third-order valence-corrected chi connectivity index (χ3v) is 3.89. The van der Waals surface area contributed by atoms with Gasteiger partial charge in [0.2, 0.25) is 0 Å². The van der Waals surface area contributed by atoms with Gasteiger partial charge in [0.15, 0.2) is 0 Å². The Morgan fingerprint density at radius 3 is 2.75 bits per heavy atom. The van der Waals surface area contributed by atoms with E-state index in [1.807, 2.05) is 4.90 Å². The van der Waals surface area contributed by atoms with Gasteiger partial charge in [0.05, 0.1) is 0 Å². The van der Waals surface area contributed by atoms with Crippen LogP contribution in [0.3, 0.4) is 0 Å². The molecule has 1 aliphatic heterocycles. The van der Waals surface area contributed by atoms with Gasteiger partial charge in [0.1, 0.15) is 0 Å². The summed E-state index contributed by atoms with van der Waals surface area (Å²) in [7, 11) is 0. The van der Waals surface area contributed by atoms with Crippen molar-refractivity contribution in [2.75, 3.05) is 13.1 Å². The molecule has 0 aromatic rings. The molecule has 2 N–H and O–H groups in total. The quantitative estimate of drug-likeness (QED) is 0.673. The molecule has 0 saturated carbocycles. The predicted octanol–water partition coefficient (Wildman–Crippen LogP) is 3.00. The molecule has 1 unspecified atom stereocenters. The summed E-state index contributed by atoms with van der Waals surface area (Å²) in [5.41, 5.74) is 0. The third kappa shape index (κ3) is 6.26. The van der Waals surface area contributed by atoms with Gasteiger partial charge >= 0.3 is 12.0 Å². The van der Waals surface area contributed by atoms with Gasteiger partial charge in [-0.15, -0.1) is 0 Å². The fourth-order valence-electron chi connectivity index (χ4n) is 2.71. The Morgan fingerprint density at radius 1 is 1.25 bits per heavy atom. The first-order chi connectivity index (χ1) is 9.65. The Morgan fingerprint density at radius 2 is 2.05 bits per heavy atom. The number of aliphatic carboxylic acids is 1. The number of amides is 2. The first-order valence-electron chi connectivity index (χ1n) is 7.91. The molecule has 20 heavy (non-hydrogen) atoms. The third-order valence-electron chi connectivity index (χ3n) is 3.89. The van der Waals surface area contributed by atoms with Gasteiger partial charge in [-0.3, -0.25) is 4.79 Å². The molecule has 0 spiro atoms. The van der Waals surface area contributed by atoms with Crippen LogP contribution in [0.25, 0.3) is 0 Å². The molecule has 5 heteroatoms. The number of hydrogen-bond acceptors (Lipinski definition) is 2. The van der Waals surface area contributed by atoms with E-state index in [1.165, 1.54) is 12.8 Å². The van der Waals surface area contributed by atoms with E-state index in [4.69, 9.17) is 5.11 Å². The molecule has 0 aromatic heterocycles. The SMILES string of the molecule is CCCCCCNC(=O)N1CCCCC1CCC(=O)O. The Hall–Kier alpha value is -1.26. The van der Waals surface area contributed by atoms with Crippen molar-refractivity contribution in [3.63, 3.8) is 0 Å². The molecule has 0 aliphatic carbocycles. The maximum atomic E-state index is 12.2. The van der Waals surface area contributed by atoms with Crippen LogP contribution in [0.2, 0.25) is 0 Å². The summed E-state index contributed by atoms with van der Waals surface area (Å²) >= 11 is 0. The fraction of sp³-hybridized carbons (Fsp3) is 0.867. The number of piperidine rings is 1. The monoisotopic (exact) mass is 284 g/mol. The molecule has 1 saturated heterocycles. The summed E-state index contributed by atoms with van der Waals surface area (Å²) in [6, 6.07) is 0.0760. The maximum Gasteiger partial charge on any atom is 0.317 e. The lowest BCUT2D eigenvalue weighted by molar-refractivity contribution is -0.137. The van der Waals surface area contributed by atoms with Crippen molar-refractivity contribution in [3.8, 4) is 0 Å². The lowest BCUT2D eigenvalue weighted by atomic mass is 9.98. The highest BCUT2D eigenvalue weighted by Gasteiger charge is 2.26. The molecule has 5 nitrogen and oxygen atoms in total. The Bertz CT molecular complexity index is 307. The van der Waals surface area contributed by atoms with Crippen molar-refractivity contribution >= 4 is 12.0 Å². The van der Waals surface area contributed by atoms with Crippen molar-refractivity contribution < 1.29 is 14.7 Å². The summed E-state index contributed by atoms with van der Waals surface area (Å²) < 4.78 is 0. The van der Waals surface area contributed by atoms with Crippen LogP contribution in [0.15, 0.2) is 0 Å². The molecule has 116 valence electrons. The number of carboxylic acids is 1. The molecule has 1 aliphatic rings. The smallest absolute Gasteiger partial charge is 0.317 e. The summed E-state index contributed by atoms with van der Waals surface area (Å²) in [4.78, 5) is 24.7. The first-order valence-corrected chi connectivity index (χ1v) is 7.91. The molecular weight excluding hydrogens is 256 g/mol. The van der Waals surface area contributed by atoms with Gasteiger partial charge in [-0.25, -0.2) is 4.79 Å². The van der Waals surface area contributed by atoms with Gasteiger partial charge in [0.25, 0.3) is 0 Å². The van der Waals surface area contributed by atoms with E-state index in [0.717, 1.165) is 45.2 Å². The minimum Gasteiger partial charge on any atom is -0.481 e. The number of likely N-dealkylation sites (tertiary alicyclic amines) is 1. The molecule has 0 bridgehead atoms. The summed E-state index contributed by atoms with van der Waals surface area (Å²) in [6.07, 6.45) is 8.32. The number of nitrogens with zero attached hydrogens (tertiary/aromatic N) is 1. The highest BCUT2D eigenvalue weighted by Crippen LogP contribution is 2.20. The van der Waals surface area contributed by atoms with Gasteiger partial charge in [0, 0.05) is 25.6 Å². The van der Waals surface area contributed by atoms with Gasteiger partial charge < -0.3 is 15.3 Å². The van der Waals surface area contributed by atoms with E-state index >= 15 is 0 Å². The molecular formula is C15H28N2O3. The van der Waals surface area contributed by atoms with Crippen molar-refractivity contribution in [1.82, 2.24) is 10.2 Å². The minimum absolute atomic E-state index is 0.0170. The predicted molar refractivity (Wildman–Crippen MR) is 78.8 cm³/mol. The zero-order valence-corrected chi connectivity index (χ0v) is 12.6. The van der Waals surface area contributed by atoms with E-state index in [-0.39, 0.29) is 18.5 Å². The molecule has 1 heterocycles. The van der Waals surface area contributed by atoms with E-state index < -0.39 is 5.97 Å². The second-order valence-electron chi connectivity index (χ2n) is 5.57. The standard InChI is InChI=1S/C15H28N2O3/c1-2-3-4-6-11-16-15(20)17-12-7-5-8-13(17)9-10-14(18)19/h13H,2-12H2,1H3,(H,16,20)(H,18,19). The molecule has 0 radical (unpaired) electrons. The average Bonchev–Trinajstić information content (AvgIpc) is 2.45. The van der Waals surface area contributed by atoms with Crippen molar-refractivity contribution in [1.29, 1.82) is 0 Å². The average molecular weight is 284 g/mol.